The number of carbonyl (C=O) groups excluding carboxylic acids is 1. The number of nitro benzene ring substituents is 1. The van der Waals surface area contributed by atoms with E-state index in [0.717, 1.165) is 24.3 Å². The Kier molecular flexibility index (Phi) is 6.69. The highest BCUT2D eigenvalue weighted by Crippen LogP contribution is 2.23. The lowest BCUT2D eigenvalue weighted by atomic mass is 10.2. The van der Waals surface area contributed by atoms with Crippen molar-refractivity contribution < 1.29 is 27.3 Å². The van der Waals surface area contributed by atoms with E-state index in [2.05, 4.69) is 10.0 Å². The van der Waals surface area contributed by atoms with Gasteiger partial charge >= 0.3 is 5.69 Å². The number of hydrogen-bond acceptors (Lipinski definition) is 6. The number of nitro groups is 1. The lowest BCUT2D eigenvalue weighted by molar-refractivity contribution is -0.387. The first-order chi connectivity index (χ1) is 15.2. The van der Waals surface area contributed by atoms with Crippen LogP contribution in [0.25, 0.3) is 0 Å². The number of sulfonamides is 1. The maximum atomic E-state index is 13.5. The highest BCUT2D eigenvalue weighted by atomic mass is 32.2. The summed E-state index contributed by atoms with van der Waals surface area (Å²) < 4.78 is 46.6. The number of amides is 1. The molecule has 0 fully saturated rings. The molecule has 0 bridgehead atoms. The number of hydrogen-bond donors (Lipinski definition) is 2. The van der Waals surface area contributed by atoms with Crippen molar-refractivity contribution in [2.24, 2.45) is 0 Å². The fourth-order valence-corrected chi connectivity index (χ4v) is 3.84. The van der Waals surface area contributed by atoms with Crippen LogP contribution in [-0.2, 0) is 10.0 Å². The quantitative estimate of drug-likeness (QED) is 0.384. The van der Waals surface area contributed by atoms with Crippen molar-refractivity contribution in [3.05, 3.63) is 88.2 Å². The smallest absolute Gasteiger partial charge is 0.306 e. The maximum Gasteiger partial charge on any atom is 0.306 e. The highest BCUT2D eigenvalue weighted by Gasteiger charge is 2.19. The Hall–Kier alpha value is -3.99. The number of nitrogens with one attached hydrogen (secondary N) is 2. The number of rotatable bonds is 8. The van der Waals surface area contributed by atoms with Crippen LogP contribution in [0, 0.1) is 15.9 Å². The van der Waals surface area contributed by atoms with E-state index in [4.69, 9.17) is 4.74 Å². The summed E-state index contributed by atoms with van der Waals surface area (Å²) in [4.78, 5) is 22.3. The molecule has 0 aliphatic rings. The molecule has 0 atom stereocenters. The summed E-state index contributed by atoms with van der Waals surface area (Å²) in [5.74, 6) is -1.17. The summed E-state index contributed by atoms with van der Waals surface area (Å²) in [6.07, 6.45) is 0. The van der Waals surface area contributed by atoms with Crippen LogP contribution in [0.1, 0.15) is 17.3 Å². The molecule has 3 aromatic carbocycles. The molecule has 0 saturated heterocycles. The van der Waals surface area contributed by atoms with Gasteiger partial charge in [-0.3, -0.25) is 19.6 Å². The van der Waals surface area contributed by atoms with E-state index in [9.17, 15) is 27.7 Å². The Bertz CT molecular complexity index is 1260. The Morgan fingerprint density at radius 3 is 2.41 bits per heavy atom. The molecule has 11 heteroatoms. The summed E-state index contributed by atoms with van der Waals surface area (Å²) in [6.45, 7) is 2.31. The molecule has 0 heterocycles. The number of carbonyl (C=O) groups is 1. The molecule has 2 N–H and O–H groups in total. The number of halogens is 1. The predicted octanol–water partition coefficient (Wildman–Crippen LogP) is 4.19. The van der Waals surface area contributed by atoms with E-state index in [1.54, 1.807) is 24.3 Å². The molecule has 0 aliphatic carbocycles. The molecule has 32 heavy (non-hydrogen) atoms. The first kappa shape index (κ1) is 22.7. The molecule has 0 aromatic heterocycles. The fourth-order valence-electron chi connectivity index (χ4n) is 2.74. The predicted molar refractivity (Wildman–Crippen MR) is 116 cm³/mol. The van der Waals surface area contributed by atoms with Crippen LogP contribution in [0.2, 0.25) is 0 Å². The zero-order valence-electron chi connectivity index (χ0n) is 16.7. The van der Waals surface area contributed by atoms with E-state index >= 15 is 0 Å². The average Bonchev–Trinajstić information content (AvgIpc) is 2.76. The van der Waals surface area contributed by atoms with E-state index in [-0.39, 0.29) is 16.1 Å². The number of anilines is 2. The van der Waals surface area contributed by atoms with Gasteiger partial charge in [-0.05, 0) is 61.5 Å². The van der Waals surface area contributed by atoms with E-state index in [1.807, 2.05) is 6.92 Å². The van der Waals surface area contributed by atoms with Gasteiger partial charge in [-0.1, -0.05) is 6.07 Å². The molecular weight excluding hydrogens is 441 g/mol. The second kappa shape index (κ2) is 9.43. The minimum Gasteiger partial charge on any atom is -0.494 e. The molecular formula is C21H18FN3O6S. The van der Waals surface area contributed by atoms with Gasteiger partial charge < -0.3 is 10.1 Å². The largest absolute Gasteiger partial charge is 0.494 e. The lowest BCUT2D eigenvalue weighted by Crippen LogP contribution is -2.16. The van der Waals surface area contributed by atoms with Crippen LogP contribution in [0.3, 0.4) is 0 Å². The summed E-state index contributed by atoms with van der Waals surface area (Å²) in [7, 11) is -4.00. The monoisotopic (exact) mass is 459 g/mol. The molecule has 0 aliphatic heterocycles. The minimum atomic E-state index is -4.00. The van der Waals surface area contributed by atoms with Gasteiger partial charge in [-0.25, -0.2) is 8.42 Å². The molecule has 3 rings (SSSR count). The molecule has 0 spiro atoms. The summed E-state index contributed by atoms with van der Waals surface area (Å²) in [5, 5.41) is 13.2. The van der Waals surface area contributed by atoms with Crippen molar-refractivity contribution in [1.29, 1.82) is 0 Å². The Labute approximate surface area is 183 Å². The van der Waals surface area contributed by atoms with Crippen LogP contribution in [-0.4, -0.2) is 25.9 Å². The van der Waals surface area contributed by atoms with Crippen molar-refractivity contribution in [3.63, 3.8) is 0 Å². The van der Waals surface area contributed by atoms with Gasteiger partial charge in [0.1, 0.15) is 5.75 Å². The third-order valence-electron chi connectivity index (χ3n) is 4.22. The number of nitrogens with zero attached hydrogens (tertiary/aromatic N) is 1. The Balaban J connectivity index is 1.78. The van der Waals surface area contributed by atoms with Crippen molar-refractivity contribution in [2.45, 2.75) is 11.8 Å². The number of ether oxygens (including phenoxy) is 1. The van der Waals surface area contributed by atoms with Crippen LogP contribution in [0.4, 0.5) is 21.5 Å². The van der Waals surface area contributed by atoms with Crippen molar-refractivity contribution in [2.75, 3.05) is 16.6 Å². The normalized spacial score (nSPS) is 10.9. The van der Waals surface area contributed by atoms with Gasteiger partial charge in [0, 0.05) is 23.0 Å². The molecule has 3 aromatic rings. The van der Waals surface area contributed by atoms with E-state index in [1.165, 1.54) is 18.2 Å². The molecule has 166 valence electrons. The van der Waals surface area contributed by atoms with Gasteiger partial charge in [0.2, 0.25) is 5.82 Å². The van der Waals surface area contributed by atoms with Gasteiger partial charge in [-0.2, -0.15) is 4.39 Å². The molecule has 0 unspecified atom stereocenters. The second-order valence-corrected chi connectivity index (χ2v) is 8.15. The van der Waals surface area contributed by atoms with Crippen molar-refractivity contribution in [1.82, 2.24) is 0 Å². The zero-order chi connectivity index (χ0) is 23.3. The summed E-state index contributed by atoms with van der Waals surface area (Å²) >= 11 is 0. The van der Waals surface area contributed by atoms with Crippen LogP contribution in [0.5, 0.6) is 5.75 Å². The van der Waals surface area contributed by atoms with Crippen LogP contribution in [0.15, 0.2) is 71.6 Å². The fraction of sp³-hybridized carbons (Fsp3) is 0.0952. The molecule has 0 saturated carbocycles. The van der Waals surface area contributed by atoms with Crippen molar-refractivity contribution in [3.8, 4) is 5.75 Å². The number of benzene rings is 3. The SMILES string of the molecule is CCOc1ccc(NS(=O)(=O)c2cccc(C(=O)Nc3ccc(F)c([N+](=O)[O-])c3)c2)cc1. The maximum absolute atomic E-state index is 13.5. The van der Waals surface area contributed by atoms with E-state index < -0.39 is 32.4 Å². The van der Waals surface area contributed by atoms with Gasteiger partial charge in [0.25, 0.3) is 15.9 Å². The Morgan fingerprint density at radius 1 is 1.06 bits per heavy atom. The topological polar surface area (TPSA) is 128 Å². The molecule has 1 amide bonds. The first-order valence-corrected chi connectivity index (χ1v) is 10.8. The lowest BCUT2D eigenvalue weighted by Gasteiger charge is -2.11. The van der Waals surface area contributed by atoms with Crippen LogP contribution < -0.4 is 14.8 Å². The van der Waals surface area contributed by atoms with Gasteiger partial charge in [0.15, 0.2) is 0 Å². The second-order valence-electron chi connectivity index (χ2n) is 6.47. The molecule has 0 radical (unpaired) electrons. The van der Waals surface area contributed by atoms with E-state index in [0.29, 0.717) is 18.0 Å². The highest BCUT2D eigenvalue weighted by molar-refractivity contribution is 7.92. The zero-order valence-corrected chi connectivity index (χ0v) is 17.6. The summed E-state index contributed by atoms with van der Waals surface area (Å²) in [5.41, 5.74) is -0.504. The Morgan fingerprint density at radius 2 is 1.75 bits per heavy atom. The minimum absolute atomic E-state index is 0.00783. The standard InChI is InChI=1S/C21H18FN3O6S/c1-2-31-17-9-6-15(7-10-17)24-32(29,30)18-5-3-4-14(12-18)21(26)23-16-8-11-19(22)20(13-16)25(27)28/h3-13,24H,2H2,1H3,(H,23,26). The van der Waals surface area contributed by atoms with Crippen molar-refractivity contribution >= 4 is 33.0 Å². The van der Waals surface area contributed by atoms with Gasteiger partial charge in [-0.15, -0.1) is 0 Å². The molecule has 9 nitrogen and oxygen atoms in total. The van der Waals surface area contributed by atoms with Crippen LogP contribution >= 0.6 is 0 Å². The third-order valence-corrected chi connectivity index (χ3v) is 5.60. The van der Waals surface area contributed by atoms with Gasteiger partial charge in [0.05, 0.1) is 16.4 Å². The first-order valence-electron chi connectivity index (χ1n) is 9.30. The third kappa shape index (κ3) is 5.38. The summed E-state index contributed by atoms with van der Waals surface area (Å²) in [6, 6.07) is 14.4. The average molecular weight is 459 g/mol.